The summed E-state index contributed by atoms with van der Waals surface area (Å²) in [5.41, 5.74) is 1.69. The molecule has 0 saturated heterocycles. The Morgan fingerprint density at radius 3 is 2.56 bits per heavy atom. The van der Waals surface area contributed by atoms with Gasteiger partial charge in [-0.05, 0) is 24.8 Å². The highest BCUT2D eigenvalue weighted by Crippen LogP contribution is 2.19. The van der Waals surface area contributed by atoms with E-state index in [1.807, 2.05) is 17.9 Å². The first-order chi connectivity index (χ1) is 7.42. The maximum Gasteiger partial charge on any atom is 0.0537 e. The van der Waals surface area contributed by atoms with E-state index in [1.165, 1.54) is 12.0 Å². The molecule has 1 atom stereocenters. The van der Waals surface area contributed by atoms with E-state index in [0.717, 1.165) is 13.0 Å². The van der Waals surface area contributed by atoms with E-state index in [1.54, 1.807) is 0 Å². The van der Waals surface area contributed by atoms with Crippen molar-refractivity contribution in [1.29, 1.82) is 0 Å². The minimum Gasteiger partial charge on any atom is -0.310 e. The van der Waals surface area contributed by atoms with Gasteiger partial charge in [0.2, 0.25) is 0 Å². The van der Waals surface area contributed by atoms with Crippen LogP contribution >= 0.6 is 0 Å². The Hall–Kier alpha value is -0.830. The van der Waals surface area contributed by atoms with Crippen LogP contribution in [0.3, 0.4) is 0 Å². The van der Waals surface area contributed by atoms with Crippen LogP contribution in [0.15, 0.2) is 12.4 Å². The fourth-order valence-corrected chi connectivity index (χ4v) is 1.74. The van der Waals surface area contributed by atoms with E-state index < -0.39 is 0 Å². The standard InChI is InChI=1S/C13H25N3/c1-6-12(11-9-15-16(5)10-11)14-8-7-13(2,3)4/h9-10,12,14H,6-8H2,1-5H3. The van der Waals surface area contributed by atoms with Gasteiger partial charge >= 0.3 is 0 Å². The number of hydrogen-bond donors (Lipinski definition) is 1. The Bertz CT molecular complexity index is 309. The third-order valence-electron chi connectivity index (χ3n) is 2.80. The summed E-state index contributed by atoms with van der Waals surface area (Å²) in [5.74, 6) is 0. The van der Waals surface area contributed by atoms with Crippen molar-refractivity contribution in [1.82, 2.24) is 15.1 Å². The summed E-state index contributed by atoms with van der Waals surface area (Å²) in [6, 6.07) is 0.441. The summed E-state index contributed by atoms with van der Waals surface area (Å²) >= 11 is 0. The van der Waals surface area contributed by atoms with Gasteiger partial charge in [-0.15, -0.1) is 0 Å². The molecule has 3 nitrogen and oxygen atoms in total. The molecule has 0 amide bonds. The van der Waals surface area contributed by atoms with Crippen LogP contribution in [-0.4, -0.2) is 16.3 Å². The highest BCUT2D eigenvalue weighted by atomic mass is 15.2. The zero-order valence-electron chi connectivity index (χ0n) is 11.2. The molecule has 0 spiro atoms. The predicted octanol–water partition coefficient (Wildman–Crippen LogP) is 2.90. The van der Waals surface area contributed by atoms with Crippen LogP contribution < -0.4 is 5.32 Å². The molecule has 1 heterocycles. The van der Waals surface area contributed by atoms with Crippen molar-refractivity contribution in [3.8, 4) is 0 Å². The molecule has 0 aliphatic carbocycles. The number of aryl methyl sites for hydroxylation is 1. The molecule has 0 aromatic carbocycles. The van der Waals surface area contributed by atoms with Crippen molar-refractivity contribution < 1.29 is 0 Å². The number of nitrogens with zero attached hydrogens (tertiary/aromatic N) is 2. The summed E-state index contributed by atoms with van der Waals surface area (Å²) in [4.78, 5) is 0. The molecule has 1 unspecified atom stereocenters. The average molecular weight is 223 g/mol. The Morgan fingerprint density at radius 1 is 1.44 bits per heavy atom. The number of rotatable bonds is 5. The summed E-state index contributed by atoms with van der Waals surface area (Å²) in [6.45, 7) is 10.1. The Balaban J connectivity index is 2.44. The monoisotopic (exact) mass is 223 g/mol. The first kappa shape index (κ1) is 13.2. The molecule has 1 aromatic rings. The van der Waals surface area contributed by atoms with Gasteiger partial charge < -0.3 is 5.32 Å². The van der Waals surface area contributed by atoms with Crippen molar-refractivity contribution in [2.75, 3.05) is 6.54 Å². The Morgan fingerprint density at radius 2 is 2.12 bits per heavy atom. The lowest BCUT2D eigenvalue weighted by molar-refractivity contribution is 0.352. The van der Waals surface area contributed by atoms with Gasteiger partial charge in [0.15, 0.2) is 0 Å². The van der Waals surface area contributed by atoms with Crippen molar-refractivity contribution in [2.45, 2.75) is 46.6 Å². The lowest BCUT2D eigenvalue weighted by Gasteiger charge is -2.21. The second-order valence-electron chi connectivity index (χ2n) is 5.67. The average Bonchev–Trinajstić information content (AvgIpc) is 2.58. The first-order valence-corrected chi connectivity index (χ1v) is 6.14. The molecule has 0 bridgehead atoms. The van der Waals surface area contributed by atoms with Gasteiger partial charge in [-0.3, -0.25) is 4.68 Å². The third kappa shape index (κ3) is 4.35. The van der Waals surface area contributed by atoms with Crippen LogP contribution in [0.1, 0.15) is 52.1 Å². The largest absolute Gasteiger partial charge is 0.310 e. The van der Waals surface area contributed by atoms with Gasteiger partial charge in [0.25, 0.3) is 0 Å². The molecule has 0 radical (unpaired) electrons. The fraction of sp³-hybridized carbons (Fsp3) is 0.769. The summed E-state index contributed by atoms with van der Waals surface area (Å²) < 4.78 is 1.86. The van der Waals surface area contributed by atoms with Gasteiger partial charge in [0.05, 0.1) is 6.20 Å². The van der Waals surface area contributed by atoms with E-state index in [9.17, 15) is 0 Å². The van der Waals surface area contributed by atoms with Gasteiger partial charge in [0.1, 0.15) is 0 Å². The van der Waals surface area contributed by atoms with Crippen molar-refractivity contribution >= 4 is 0 Å². The quantitative estimate of drug-likeness (QED) is 0.832. The number of nitrogens with one attached hydrogen (secondary N) is 1. The van der Waals surface area contributed by atoms with Crippen LogP contribution in [0.5, 0.6) is 0 Å². The molecule has 1 aromatic heterocycles. The molecule has 1 rings (SSSR count). The molecule has 16 heavy (non-hydrogen) atoms. The van der Waals surface area contributed by atoms with Crippen LogP contribution in [0.25, 0.3) is 0 Å². The molecule has 0 aliphatic heterocycles. The molecule has 0 aliphatic rings. The van der Waals surface area contributed by atoms with Crippen LogP contribution in [-0.2, 0) is 7.05 Å². The van der Waals surface area contributed by atoms with Crippen molar-refractivity contribution in [3.05, 3.63) is 18.0 Å². The van der Waals surface area contributed by atoms with Crippen LogP contribution in [0.4, 0.5) is 0 Å². The number of hydrogen-bond acceptors (Lipinski definition) is 2. The molecule has 92 valence electrons. The van der Waals surface area contributed by atoms with E-state index in [2.05, 4.69) is 44.3 Å². The van der Waals surface area contributed by atoms with E-state index in [0.29, 0.717) is 11.5 Å². The van der Waals surface area contributed by atoms with Gasteiger partial charge in [-0.1, -0.05) is 27.7 Å². The maximum absolute atomic E-state index is 4.22. The molecular formula is C13H25N3. The topological polar surface area (TPSA) is 29.9 Å². The van der Waals surface area contributed by atoms with Crippen molar-refractivity contribution in [3.63, 3.8) is 0 Å². The van der Waals surface area contributed by atoms with Crippen molar-refractivity contribution in [2.24, 2.45) is 12.5 Å². The first-order valence-electron chi connectivity index (χ1n) is 6.14. The maximum atomic E-state index is 4.22. The van der Waals surface area contributed by atoms with Gasteiger partial charge in [0, 0.05) is 24.8 Å². The lowest BCUT2D eigenvalue weighted by Crippen LogP contribution is -2.24. The molecule has 0 saturated carbocycles. The van der Waals surface area contributed by atoms with E-state index in [4.69, 9.17) is 0 Å². The Kier molecular flexibility index (Phi) is 4.54. The Labute approximate surface area is 99.2 Å². The molecule has 1 N–H and O–H groups in total. The fourth-order valence-electron chi connectivity index (χ4n) is 1.74. The molecule has 3 heteroatoms. The summed E-state index contributed by atoms with van der Waals surface area (Å²) in [5, 5.41) is 7.82. The van der Waals surface area contributed by atoms with Crippen LogP contribution in [0, 0.1) is 5.41 Å². The molecule has 0 fully saturated rings. The summed E-state index contributed by atoms with van der Waals surface area (Å²) in [6.07, 6.45) is 6.36. The normalized spacial score (nSPS) is 14.1. The van der Waals surface area contributed by atoms with Gasteiger partial charge in [-0.2, -0.15) is 5.10 Å². The van der Waals surface area contributed by atoms with E-state index >= 15 is 0 Å². The zero-order valence-corrected chi connectivity index (χ0v) is 11.2. The zero-order chi connectivity index (χ0) is 12.2. The lowest BCUT2D eigenvalue weighted by atomic mass is 9.92. The van der Waals surface area contributed by atoms with E-state index in [-0.39, 0.29) is 0 Å². The smallest absolute Gasteiger partial charge is 0.0537 e. The molecular weight excluding hydrogens is 198 g/mol. The number of aromatic nitrogens is 2. The predicted molar refractivity (Wildman–Crippen MR) is 68.3 cm³/mol. The minimum absolute atomic E-state index is 0.403. The second kappa shape index (κ2) is 5.48. The van der Waals surface area contributed by atoms with Gasteiger partial charge in [-0.25, -0.2) is 0 Å². The SMILES string of the molecule is CCC(NCCC(C)(C)C)c1cnn(C)c1. The van der Waals surface area contributed by atoms with Crippen LogP contribution in [0.2, 0.25) is 0 Å². The third-order valence-corrected chi connectivity index (χ3v) is 2.80. The second-order valence-corrected chi connectivity index (χ2v) is 5.67. The minimum atomic E-state index is 0.403. The summed E-state index contributed by atoms with van der Waals surface area (Å²) in [7, 11) is 1.96. The highest BCUT2D eigenvalue weighted by molar-refractivity contribution is 5.09. The highest BCUT2D eigenvalue weighted by Gasteiger charge is 2.13.